The lowest BCUT2D eigenvalue weighted by Gasteiger charge is -2.50. The number of cyclic esters (lactones) is 1. The Morgan fingerprint density at radius 2 is 1.57 bits per heavy atom. The summed E-state index contributed by atoms with van der Waals surface area (Å²) < 4.78 is 68.5. The van der Waals surface area contributed by atoms with Crippen molar-refractivity contribution in [3.05, 3.63) is 23.8 Å². The highest BCUT2D eigenvalue weighted by Crippen LogP contribution is 2.40. The van der Waals surface area contributed by atoms with Crippen LogP contribution in [0.25, 0.3) is 0 Å². The second-order valence-electron chi connectivity index (χ2n) is 24.1. The van der Waals surface area contributed by atoms with Gasteiger partial charge in [-0.3, -0.25) is 19.2 Å². The molecule has 3 N–H and O–H groups in total. The number of hydrogen-bond donors (Lipinski definition) is 3. The van der Waals surface area contributed by atoms with Crippen LogP contribution >= 0.6 is 0 Å². The molecular formula is C59H100N2O18. The first-order valence-electron chi connectivity index (χ1n) is 29.1. The lowest BCUT2D eigenvalue weighted by Crippen LogP contribution is -2.65. The normalized spacial score (nSPS) is 41.8. The molecule has 5 rings (SSSR count). The molecule has 20 heteroatoms. The molecule has 4 fully saturated rings. The van der Waals surface area contributed by atoms with Crippen molar-refractivity contribution in [2.45, 2.75) is 245 Å². The lowest BCUT2D eigenvalue weighted by atomic mass is 9.79. The predicted molar refractivity (Wildman–Crippen MR) is 292 cm³/mol. The van der Waals surface area contributed by atoms with E-state index in [0.717, 1.165) is 31.4 Å². The Hall–Kier alpha value is -2.96. The van der Waals surface area contributed by atoms with E-state index in [4.69, 9.17) is 52.1 Å². The summed E-state index contributed by atoms with van der Waals surface area (Å²) in [7, 11) is 6.58. The number of piperidine rings is 1. The van der Waals surface area contributed by atoms with Crippen molar-refractivity contribution >= 4 is 23.7 Å². The number of aliphatic hydroxyl groups is 3. The van der Waals surface area contributed by atoms with Gasteiger partial charge in [0.15, 0.2) is 30.8 Å². The zero-order valence-corrected chi connectivity index (χ0v) is 50.3. The number of hydrogen-bond acceptors (Lipinski definition) is 20. The number of likely N-dealkylation sites (tertiary alicyclic amines) is 1. The first kappa shape index (κ1) is 66.8. The number of methoxy groups -OCH3 is 2. The van der Waals surface area contributed by atoms with E-state index < -0.39 is 134 Å². The Morgan fingerprint density at radius 1 is 0.886 bits per heavy atom. The molecule has 22 atom stereocenters. The fourth-order valence-electron chi connectivity index (χ4n) is 12.4. The predicted octanol–water partition coefficient (Wildman–Crippen LogP) is 5.88. The summed E-state index contributed by atoms with van der Waals surface area (Å²) >= 11 is 0. The minimum Gasteiger partial charge on any atom is -0.462 e. The van der Waals surface area contributed by atoms with Crippen LogP contribution in [-0.4, -0.2) is 201 Å². The van der Waals surface area contributed by atoms with Gasteiger partial charge in [0.2, 0.25) is 5.79 Å². The average Bonchev–Trinajstić information content (AvgIpc) is 3.40. The average molecular weight is 1130 g/mol. The molecule has 0 aliphatic carbocycles. The molecule has 0 saturated carbocycles. The van der Waals surface area contributed by atoms with Gasteiger partial charge in [0.25, 0.3) is 0 Å². The van der Waals surface area contributed by atoms with E-state index in [0.29, 0.717) is 31.8 Å². The standard InChI is InChI=1S/C59H100N2O18/c1-17-44-42(31-71-58-55(70-16)54(69-15)50(66)38(9)72-58)27-33(4)21-22-43(63)34(5)28-41(23-25-61-24-19-18-20-36(61)7)52(37(8)45(74-40(11)62)30-47(65)75-44)78-57-51(67)49(60(13)14)53(39(10)73-57)77-48-29-35(6)56(59(12,68)79-48)76-46(64)26-32(2)3/h21-22,27,32,34-39,41-42,44-45,48-58,66-68H,17-20,23-26,28-31H2,1-16H3/b22-21+,33-27+/t34-,35-,36?,37?,38-,39-,41+,42-,44-,45-,48+,49-,50-,51-,52-,53-,54-,55-,56+,57+,58-,59-/m1/s1. The van der Waals surface area contributed by atoms with Crippen molar-refractivity contribution in [1.82, 2.24) is 9.80 Å². The molecule has 0 amide bonds. The minimum absolute atomic E-state index is 0.00610. The van der Waals surface area contributed by atoms with E-state index in [-0.39, 0.29) is 49.4 Å². The van der Waals surface area contributed by atoms with Gasteiger partial charge in [0.1, 0.15) is 42.7 Å². The smallest absolute Gasteiger partial charge is 0.309 e. The third-order valence-corrected chi connectivity index (χ3v) is 16.8. The Bertz CT molecular complexity index is 2000. The van der Waals surface area contributed by atoms with Crippen LogP contribution in [0, 0.1) is 35.5 Å². The van der Waals surface area contributed by atoms with Crippen molar-refractivity contribution in [2.24, 2.45) is 35.5 Å². The fraction of sp³-hybridized carbons (Fsp3) is 0.864. The Labute approximate surface area is 470 Å². The molecular weight excluding hydrogens is 1020 g/mol. The van der Waals surface area contributed by atoms with Gasteiger partial charge in [-0.1, -0.05) is 65.7 Å². The van der Waals surface area contributed by atoms with Crippen LogP contribution in [-0.2, 0) is 71.3 Å². The Balaban J connectivity index is 1.49. The third-order valence-electron chi connectivity index (χ3n) is 16.8. The van der Waals surface area contributed by atoms with E-state index in [2.05, 4.69) is 11.8 Å². The van der Waals surface area contributed by atoms with E-state index in [1.165, 1.54) is 28.1 Å². The molecule has 0 aromatic heterocycles. The molecule has 0 aromatic rings. The summed E-state index contributed by atoms with van der Waals surface area (Å²) in [5, 5.41) is 34.9. The van der Waals surface area contributed by atoms with Crippen LogP contribution < -0.4 is 0 Å². The van der Waals surface area contributed by atoms with E-state index in [1.54, 1.807) is 19.1 Å². The Morgan fingerprint density at radius 3 is 2.18 bits per heavy atom. The number of likely N-dealkylation sites (N-methyl/N-ethyl adjacent to an activating group) is 1. The highest BCUT2D eigenvalue weighted by Gasteiger charge is 2.53. The van der Waals surface area contributed by atoms with Gasteiger partial charge in [-0.25, -0.2) is 0 Å². The summed E-state index contributed by atoms with van der Waals surface area (Å²) in [6, 6.07) is -0.417. The molecule has 0 spiro atoms. The van der Waals surface area contributed by atoms with Crippen LogP contribution in [0.4, 0.5) is 0 Å². The molecule has 5 aliphatic heterocycles. The number of ether oxygens (including phenoxy) is 11. The first-order chi connectivity index (χ1) is 37.2. The summed E-state index contributed by atoms with van der Waals surface area (Å²) in [5.41, 5.74) is 0.724. The summed E-state index contributed by atoms with van der Waals surface area (Å²) in [6.45, 7) is 23.3. The number of esters is 3. The SMILES string of the molecule is CC[C@H]1OC(=O)C[C@@H](OC(C)=O)C(C)[C@@H](O[C@@H]2O[C@H](C)[C@@H](O[C@@H]3C[C@@H](C)[C@H](OC(=O)CC(C)C)[C@](C)(O)O3)[C@H](N(C)C)[C@H]2O)[C@@H](CCN2CCCCC2C)C[C@@H](C)C(=O)/C=C/C(C)=C/[C@@H]1CO[C@@H]1O[C@H](C)[C@@H](O)[C@@H](OC)[C@H]1OC. The molecule has 20 nitrogen and oxygen atoms in total. The zero-order chi connectivity index (χ0) is 58.6. The maximum Gasteiger partial charge on any atom is 0.309 e. The molecule has 4 saturated heterocycles. The zero-order valence-electron chi connectivity index (χ0n) is 50.3. The molecule has 2 unspecified atom stereocenters. The molecule has 0 bridgehead atoms. The van der Waals surface area contributed by atoms with Crippen molar-refractivity contribution < 1.29 is 86.6 Å². The van der Waals surface area contributed by atoms with Gasteiger partial charge in [-0.05, 0) is 112 Å². The van der Waals surface area contributed by atoms with Crippen molar-refractivity contribution in [1.29, 1.82) is 0 Å². The van der Waals surface area contributed by atoms with Crippen molar-refractivity contribution in [3.63, 3.8) is 0 Å². The Kier molecular flexibility index (Phi) is 25.8. The van der Waals surface area contributed by atoms with Crippen molar-refractivity contribution in [3.8, 4) is 0 Å². The van der Waals surface area contributed by atoms with Crippen LogP contribution in [0.1, 0.15) is 141 Å². The van der Waals surface area contributed by atoms with Gasteiger partial charge in [-0.15, -0.1) is 0 Å². The quantitative estimate of drug-likeness (QED) is 0.107. The maximum absolute atomic E-state index is 14.5. The largest absolute Gasteiger partial charge is 0.462 e. The molecule has 79 heavy (non-hydrogen) atoms. The second kappa shape index (κ2) is 30.5. The molecule has 0 radical (unpaired) electrons. The van der Waals surface area contributed by atoms with E-state index in [9.17, 15) is 34.5 Å². The van der Waals surface area contributed by atoms with Gasteiger partial charge in [0, 0.05) is 63.7 Å². The number of rotatable bonds is 18. The van der Waals surface area contributed by atoms with Crippen LogP contribution in [0.15, 0.2) is 23.8 Å². The molecule has 0 aromatic carbocycles. The van der Waals surface area contributed by atoms with Crippen LogP contribution in [0.2, 0.25) is 0 Å². The number of carbonyl (C=O) groups is 4. The number of carbonyl (C=O) groups excluding carboxylic acids is 4. The highest BCUT2D eigenvalue weighted by atomic mass is 16.8. The second-order valence-corrected chi connectivity index (χ2v) is 24.1. The number of nitrogens with zero attached hydrogens (tertiary/aromatic N) is 2. The van der Waals surface area contributed by atoms with Crippen molar-refractivity contribution in [2.75, 3.05) is 48.0 Å². The summed E-state index contributed by atoms with van der Waals surface area (Å²) in [6.07, 6.45) is -2.98. The first-order valence-corrected chi connectivity index (χ1v) is 29.1. The number of aliphatic hydroxyl groups excluding tert-OH is 2. The van der Waals surface area contributed by atoms with Gasteiger partial charge in [-0.2, -0.15) is 0 Å². The fourth-order valence-corrected chi connectivity index (χ4v) is 12.4. The third kappa shape index (κ3) is 18.3. The molecule has 454 valence electrons. The minimum atomic E-state index is -1.88. The van der Waals surface area contributed by atoms with Gasteiger partial charge in [0.05, 0.1) is 37.4 Å². The number of ketones is 1. The maximum atomic E-state index is 14.5. The monoisotopic (exact) mass is 1120 g/mol. The highest BCUT2D eigenvalue weighted by molar-refractivity contribution is 5.91. The summed E-state index contributed by atoms with van der Waals surface area (Å²) in [4.78, 5) is 59.0. The van der Waals surface area contributed by atoms with E-state index in [1.807, 2.05) is 80.5 Å². The number of allylic oxidation sites excluding steroid dienone is 3. The van der Waals surface area contributed by atoms with Gasteiger partial charge < -0.3 is 77.2 Å². The van der Waals surface area contributed by atoms with Crippen LogP contribution in [0.3, 0.4) is 0 Å². The van der Waals surface area contributed by atoms with Crippen LogP contribution in [0.5, 0.6) is 0 Å². The lowest BCUT2D eigenvalue weighted by molar-refractivity contribution is -0.378. The summed E-state index contributed by atoms with van der Waals surface area (Å²) in [5.74, 6) is -6.16. The van der Waals surface area contributed by atoms with E-state index >= 15 is 0 Å². The topological polar surface area (TPSA) is 237 Å². The molecule has 5 heterocycles. The van der Waals surface area contributed by atoms with Gasteiger partial charge >= 0.3 is 17.9 Å². The molecule has 5 aliphatic rings.